The van der Waals surface area contributed by atoms with Crippen molar-refractivity contribution in [2.45, 2.75) is 25.9 Å². The smallest absolute Gasteiger partial charge is 0.377 e. The third-order valence-corrected chi connectivity index (χ3v) is 2.72. The van der Waals surface area contributed by atoms with E-state index in [-0.39, 0.29) is 22.4 Å². The van der Waals surface area contributed by atoms with Gasteiger partial charge in [0.25, 0.3) is 5.78 Å². The summed E-state index contributed by atoms with van der Waals surface area (Å²) in [6.07, 6.45) is 1.87. The van der Waals surface area contributed by atoms with E-state index in [1.54, 1.807) is 13.0 Å². The molecule has 0 saturated heterocycles. The number of aryl methyl sites for hydroxylation is 1. The van der Waals surface area contributed by atoms with Crippen LogP contribution in [0.5, 0.6) is 5.75 Å². The van der Waals surface area contributed by atoms with Crippen molar-refractivity contribution in [2.24, 2.45) is 0 Å². The molecule has 0 radical (unpaired) electrons. The molecule has 0 aliphatic heterocycles. The van der Waals surface area contributed by atoms with Crippen LogP contribution in [0.15, 0.2) is 12.1 Å². The van der Waals surface area contributed by atoms with Crippen molar-refractivity contribution in [3.05, 3.63) is 28.3 Å². The summed E-state index contributed by atoms with van der Waals surface area (Å²) < 4.78 is 5.50. The zero-order chi connectivity index (χ0) is 12.6. The van der Waals surface area contributed by atoms with E-state index in [1.165, 1.54) is 6.07 Å². The van der Waals surface area contributed by atoms with Crippen LogP contribution < -0.4 is 4.74 Å². The number of ether oxygens (including phenoxy) is 1. The topological polar surface area (TPSA) is 63.6 Å². The second-order valence-corrected chi connectivity index (χ2v) is 4.48. The molecule has 0 atom stereocenters. The Bertz CT molecular complexity index is 492. The van der Waals surface area contributed by atoms with Gasteiger partial charge in [-0.25, -0.2) is 4.79 Å². The third kappa shape index (κ3) is 2.58. The molecule has 5 heteroatoms. The maximum atomic E-state index is 11.5. The van der Waals surface area contributed by atoms with Gasteiger partial charge < -0.3 is 9.84 Å². The Morgan fingerprint density at radius 1 is 1.41 bits per heavy atom. The van der Waals surface area contributed by atoms with E-state index in [2.05, 4.69) is 0 Å². The number of carboxylic acids is 1. The normalized spacial score (nSPS) is 14.5. The summed E-state index contributed by atoms with van der Waals surface area (Å²) in [4.78, 5) is 22.3. The fourth-order valence-electron chi connectivity index (χ4n) is 1.49. The van der Waals surface area contributed by atoms with Crippen LogP contribution in [0.4, 0.5) is 0 Å². The van der Waals surface area contributed by atoms with Crippen LogP contribution in [0.25, 0.3) is 0 Å². The molecule has 17 heavy (non-hydrogen) atoms. The average Bonchev–Trinajstić information content (AvgIpc) is 3.04. The van der Waals surface area contributed by atoms with Gasteiger partial charge in [-0.2, -0.15) is 0 Å². The van der Waals surface area contributed by atoms with Crippen molar-refractivity contribution in [3.63, 3.8) is 0 Å². The lowest BCUT2D eigenvalue weighted by Crippen LogP contribution is -2.15. The fraction of sp³-hybridized carbons (Fsp3) is 0.333. The molecule has 2 rings (SSSR count). The highest BCUT2D eigenvalue weighted by atomic mass is 35.5. The number of Topliss-reactive ketones (excluding diaryl/α,β-unsaturated/α-hetero) is 1. The van der Waals surface area contributed by atoms with E-state index < -0.39 is 11.8 Å². The molecular weight excluding hydrogens is 244 g/mol. The standard InChI is InChI=1S/C12H11ClO4/c1-6-4-8(10(14)12(15)16)11(9(13)5-6)17-7-2-3-7/h4-5,7H,2-3H2,1H3,(H,15,16). The SMILES string of the molecule is Cc1cc(Cl)c(OC2CC2)c(C(=O)C(=O)O)c1. The maximum absolute atomic E-state index is 11.5. The molecule has 1 N–H and O–H groups in total. The molecule has 1 aliphatic carbocycles. The van der Waals surface area contributed by atoms with Gasteiger partial charge in [0.05, 0.1) is 16.7 Å². The van der Waals surface area contributed by atoms with E-state index in [0.29, 0.717) is 0 Å². The van der Waals surface area contributed by atoms with E-state index in [1.807, 2.05) is 0 Å². The van der Waals surface area contributed by atoms with Crippen LogP contribution in [0, 0.1) is 6.92 Å². The van der Waals surface area contributed by atoms with Gasteiger partial charge in [-0.1, -0.05) is 11.6 Å². The van der Waals surface area contributed by atoms with Gasteiger partial charge in [0.15, 0.2) is 0 Å². The number of hydrogen-bond acceptors (Lipinski definition) is 3. The van der Waals surface area contributed by atoms with Gasteiger partial charge >= 0.3 is 5.97 Å². The van der Waals surface area contributed by atoms with E-state index >= 15 is 0 Å². The van der Waals surface area contributed by atoms with Crippen LogP contribution in [0.1, 0.15) is 28.8 Å². The first-order valence-corrected chi connectivity index (χ1v) is 5.61. The van der Waals surface area contributed by atoms with Crippen molar-refractivity contribution in [1.29, 1.82) is 0 Å². The van der Waals surface area contributed by atoms with E-state index in [9.17, 15) is 9.59 Å². The molecule has 1 aliphatic rings. The predicted molar refractivity (Wildman–Crippen MR) is 61.8 cm³/mol. The van der Waals surface area contributed by atoms with Crippen molar-refractivity contribution >= 4 is 23.4 Å². The van der Waals surface area contributed by atoms with Gasteiger partial charge in [0, 0.05) is 0 Å². The first-order chi connectivity index (χ1) is 7.99. The first kappa shape index (κ1) is 11.9. The molecule has 1 aromatic rings. The van der Waals surface area contributed by atoms with Crippen LogP contribution in [-0.4, -0.2) is 23.0 Å². The number of carboxylic acid groups (broad SMARTS) is 1. The second-order valence-electron chi connectivity index (χ2n) is 4.07. The Kier molecular flexibility index (Phi) is 3.07. The third-order valence-electron chi connectivity index (χ3n) is 2.44. The summed E-state index contributed by atoms with van der Waals surface area (Å²) in [5.74, 6) is -2.31. The quantitative estimate of drug-likeness (QED) is 0.662. The monoisotopic (exact) mass is 254 g/mol. The van der Waals surface area contributed by atoms with E-state index in [0.717, 1.165) is 18.4 Å². The van der Waals surface area contributed by atoms with Crippen molar-refractivity contribution in [1.82, 2.24) is 0 Å². The number of carbonyl (C=O) groups excluding carboxylic acids is 1. The Morgan fingerprint density at radius 2 is 2.06 bits per heavy atom. The zero-order valence-electron chi connectivity index (χ0n) is 9.20. The molecule has 1 saturated carbocycles. The molecule has 1 fully saturated rings. The van der Waals surface area contributed by atoms with Gasteiger partial charge in [-0.3, -0.25) is 4.79 Å². The maximum Gasteiger partial charge on any atom is 0.377 e. The van der Waals surface area contributed by atoms with Crippen molar-refractivity contribution in [2.75, 3.05) is 0 Å². The number of rotatable bonds is 4. The molecule has 4 nitrogen and oxygen atoms in total. The van der Waals surface area contributed by atoms with Crippen LogP contribution in [0.2, 0.25) is 5.02 Å². The zero-order valence-corrected chi connectivity index (χ0v) is 9.95. The molecule has 1 aromatic carbocycles. The van der Waals surface area contributed by atoms with Crippen LogP contribution in [-0.2, 0) is 4.79 Å². The summed E-state index contributed by atoms with van der Waals surface area (Å²) in [5.41, 5.74) is 0.747. The summed E-state index contributed by atoms with van der Waals surface area (Å²) >= 11 is 5.99. The summed E-state index contributed by atoms with van der Waals surface area (Å²) in [6.45, 7) is 1.74. The van der Waals surface area contributed by atoms with Crippen LogP contribution >= 0.6 is 11.6 Å². The minimum absolute atomic E-state index is 0.0226. The predicted octanol–water partition coefficient (Wildman–Crippen LogP) is 2.46. The highest BCUT2D eigenvalue weighted by Gasteiger charge is 2.29. The molecule has 0 bridgehead atoms. The highest BCUT2D eigenvalue weighted by Crippen LogP contribution is 2.35. The van der Waals surface area contributed by atoms with Crippen LogP contribution in [0.3, 0.4) is 0 Å². The van der Waals surface area contributed by atoms with Gasteiger partial charge in [-0.15, -0.1) is 0 Å². The molecule has 0 amide bonds. The molecule has 0 spiro atoms. The first-order valence-electron chi connectivity index (χ1n) is 5.23. The largest absolute Gasteiger partial charge is 0.488 e. The van der Waals surface area contributed by atoms with Crippen molar-refractivity contribution in [3.8, 4) is 5.75 Å². The van der Waals surface area contributed by atoms with Gasteiger partial charge in [0.1, 0.15) is 5.75 Å². The lowest BCUT2D eigenvalue weighted by atomic mass is 10.1. The Hall–Kier alpha value is -1.55. The molecule has 90 valence electrons. The van der Waals surface area contributed by atoms with Gasteiger partial charge in [0.2, 0.25) is 0 Å². The van der Waals surface area contributed by atoms with E-state index in [4.69, 9.17) is 21.4 Å². The molecular formula is C12H11ClO4. The number of benzene rings is 1. The fourth-order valence-corrected chi connectivity index (χ4v) is 1.80. The number of carbonyl (C=O) groups is 2. The Labute approximate surface area is 103 Å². The lowest BCUT2D eigenvalue weighted by Gasteiger charge is -2.11. The minimum Gasteiger partial charge on any atom is -0.488 e. The average molecular weight is 255 g/mol. The highest BCUT2D eigenvalue weighted by molar-refractivity contribution is 6.42. The van der Waals surface area contributed by atoms with Crippen molar-refractivity contribution < 1.29 is 19.4 Å². The lowest BCUT2D eigenvalue weighted by molar-refractivity contribution is -0.131. The number of ketones is 1. The minimum atomic E-state index is -1.51. The Balaban J connectivity index is 2.45. The summed E-state index contributed by atoms with van der Waals surface area (Å²) in [6, 6.07) is 3.14. The Morgan fingerprint density at radius 3 is 2.59 bits per heavy atom. The molecule has 0 aromatic heterocycles. The second kappa shape index (κ2) is 4.37. The number of aliphatic carboxylic acids is 1. The number of hydrogen-bond donors (Lipinski definition) is 1. The molecule has 0 unspecified atom stereocenters. The van der Waals surface area contributed by atoms with Gasteiger partial charge in [-0.05, 0) is 37.5 Å². The molecule has 0 heterocycles. The summed E-state index contributed by atoms with van der Waals surface area (Å²) in [5, 5.41) is 9.02. The number of halogens is 1. The summed E-state index contributed by atoms with van der Waals surface area (Å²) in [7, 11) is 0.